The van der Waals surface area contributed by atoms with E-state index in [0.29, 0.717) is 6.42 Å². The number of benzene rings is 3. The highest BCUT2D eigenvalue weighted by atomic mass is 16.2. The first-order valence-electron chi connectivity index (χ1n) is 8.98. The number of hydrogen-bond acceptors (Lipinski definition) is 3. The number of aryl methyl sites for hydroxylation is 1. The van der Waals surface area contributed by atoms with E-state index in [2.05, 4.69) is 31.2 Å². The molecule has 3 aromatic carbocycles. The summed E-state index contributed by atoms with van der Waals surface area (Å²) in [7, 11) is 0. The van der Waals surface area contributed by atoms with Crippen LogP contribution < -0.4 is 5.01 Å². The number of hydrazone groups is 1. The first-order valence-corrected chi connectivity index (χ1v) is 8.98. The lowest BCUT2D eigenvalue weighted by atomic mass is 10.1. The molecule has 132 valence electrons. The number of para-hydroxylation sites is 1. The van der Waals surface area contributed by atoms with E-state index in [4.69, 9.17) is 10.2 Å². The minimum absolute atomic E-state index is 0.160. The Balaban J connectivity index is 1.89. The highest BCUT2D eigenvalue weighted by molar-refractivity contribution is 5.81. The van der Waals surface area contributed by atoms with Gasteiger partial charge < -0.3 is 5.11 Å². The summed E-state index contributed by atoms with van der Waals surface area (Å²) < 4.78 is 0. The molecular formula is C23H24N2O. The summed E-state index contributed by atoms with van der Waals surface area (Å²) in [6.45, 7) is 2.31. The fourth-order valence-corrected chi connectivity index (χ4v) is 2.75. The molecule has 0 aliphatic heterocycles. The van der Waals surface area contributed by atoms with Crippen molar-refractivity contribution in [2.45, 2.75) is 19.8 Å². The molecule has 0 saturated carbocycles. The number of aliphatic hydroxyl groups is 1. The maximum Gasteiger partial charge on any atom is 0.0652 e. The summed E-state index contributed by atoms with van der Waals surface area (Å²) >= 11 is 0. The fraction of sp³-hybridized carbons (Fsp3) is 0.174. The van der Waals surface area contributed by atoms with E-state index in [1.807, 2.05) is 65.8 Å². The van der Waals surface area contributed by atoms with E-state index >= 15 is 0 Å². The Morgan fingerprint density at radius 2 is 1.42 bits per heavy atom. The van der Waals surface area contributed by atoms with Gasteiger partial charge in [-0.3, -0.25) is 0 Å². The van der Waals surface area contributed by atoms with Gasteiger partial charge in [-0.05, 0) is 53.8 Å². The number of aliphatic hydroxyl groups excluding tert-OH is 1. The van der Waals surface area contributed by atoms with Gasteiger partial charge in [0.25, 0.3) is 0 Å². The molecule has 0 bridgehead atoms. The quantitative estimate of drug-likeness (QED) is 0.486. The first-order chi connectivity index (χ1) is 12.8. The van der Waals surface area contributed by atoms with E-state index in [1.165, 1.54) is 5.56 Å². The summed E-state index contributed by atoms with van der Waals surface area (Å²) in [6, 6.07) is 26.7. The van der Waals surface area contributed by atoms with Gasteiger partial charge >= 0.3 is 0 Å². The monoisotopic (exact) mass is 344 g/mol. The predicted molar refractivity (Wildman–Crippen MR) is 109 cm³/mol. The summed E-state index contributed by atoms with van der Waals surface area (Å²) in [5, 5.41) is 15.7. The molecule has 0 heterocycles. The van der Waals surface area contributed by atoms with Crippen LogP contribution >= 0.6 is 0 Å². The lowest BCUT2D eigenvalue weighted by Gasteiger charge is -2.19. The third-order valence-corrected chi connectivity index (χ3v) is 4.29. The normalized spacial score (nSPS) is 11.0. The molecule has 0 saturated heterocycles. The van der Waals surface area contributed by atoms with Crippen LogP contribution in [0.2, 0.25) is 0 Å². The second-order valence-electron chi connectivity index (χ2n) is 6.13. The summed E-state index contributed by atoms with van der Waals surface area (Å²) in [5.41, 5.74) is 5.49. The zero-order chi connectivity index (χ0) is 18.2. The molecule has 3 rings (SSSR count). The van der Waals surface area contributed by atoms with Crippen LogP contribution in [0.15, 0.2) is 84.0 Å². The third-order valence-electron chi connectivity index (χ3n) is 4.29. The van der Waals surface area contributed by atoms with Crippen molar-refractivity contribution < 1.29 is 5.11 Å². The van der Waals surface area contributed by atoms with Crippen LogP contribution in [0, 0.1) is 0 Å². The molecule has 1 N–H and O–H groups in total. The van der Waals surface area contributed by atoms with E-state index < -0.39 is 0 Å². The molecule has 0 aliphatic rings. The van der Waals surface area contributed by atoms with Crippen molar-refractivity contribution in [2.24, 2.45) is 5.10 Å². The Bertz CT molecular complexity index is 824. The molecule has 0 aromatic heterocycles. The van der Waals surface area contributed by atoms with Gasteiger partial charge in [0.05, 0.1) is 17.6 Å². The van der Waals surface area contributed by atoms with Crippen molar-refractivity contribution in [3.8, 4) is 0 Å². The molecule has 0 atom stereocenters. The van der Waals surface area contributed by atoms with Gasteiger partial charge in [0.2, 0.25) is 0 Å². The van der Waals surface area contributed by atoms with Crippen LogP contribution in [0.1, 0.15) is 23.6 Å². The topological polar surface area (TPSA) is 35.8 Å². The molecule has 3 nitrogen and oxygen atoms in total. The largest absolute Gasteiger partial charge is 0.396 e. The number of rotatable bonds is 7. The number of anilines is 2. The first kappa shape index (κ1) is 17.9. The molecule has 0 aliphatic carbocycles. The van der Waals surface area contributed by atoms with Crippen LogP contribution in [0.4, 0.5) is 11.4 Å². The molecule has 0 amide bonds. The Kier molecular flexibility index (Phi) is 6.18. The maximum absolute atomic E-state index is 9.09. The average Bonchev–Trinajstić information content (AvgIpc) is 2.71. The molecule has 0 radical (unpaired) electrons. The Morgan fingerprint density at radius 1 is 0.808 bits per heavy atom. The van der Waals surface area contributed by atoms with Crippen LogP contribution in [0.5, 0.6) is 0 Å². The highest BCUT2D eigenvalue weighted by Gasteiger charge is 2.07. The Hall–Kier alpha value is -2.91. The highest BCUT2D eigenvalue weighted by Crippen LogP contribution is 2.26. The minimum Gasteiger partial charge on any atom is -0.396 e. The van der Waals surface area contributed by atoms with Crippen LogP contribution in [0.25, 0.3) is 0 Å². The lowest BCUT2D eigenvalue weighted by Crippen LogP contribution is -2.09. The second kappa shape index (κ2) is 8.97. The van der Waals surface area contributed by atoms with Crippen LogP contribution in [-0.4, -0.2) is 17.9 Å². The summed E-state index contributed by atoms with van der Waals surface area (Å²) in [5.74, 6) is 0. The van der Waals surface area contributed by atoms with Crippen molar-refractivity contribution in [3.05, 3.63) is 95.6 Å². The third kappa shape index (κ3) is 4.58. The van der Waals surface area contributed by atoms with Gasteiger partial charge in [-0.15, -0.1) is 0 Å². The zero-order valence-electron chi connectivity index (χ0n) is 15.0. The van der Waals surface area contributed by atoms with Gasteiger partial charge in [0, 0.05) is 6.61 Å². The SMILES string of the molecule is CCc1ccc(C=NN(c2ccccc2)c2ccc(CCO)cc2)cc1. The van der Waals surface area contributed by atoms with Gasteiger partial charge in [-0.25, -0.2) is 5.01 Å². The van der Waals surface area contributed by atoms with Gasteiger partial charge in [-0.1, -0.05) is 61.5 Å². The van der Waals surface area contributed by atoms with Crippen LogP contribution in [0.3, 0.4) is 0 Å². The van der Waals surface area contributed by atoms with Crippen molar-refractivity contribution in [1.29, 1.82) is 0 Å². The average molecular weight is 344 g/mol. The van der Waals surface area contributed by atoms with Crippen molar-refractivity contribution in [3.63, 3.8) is 0 Å². The number of nitrogens with zero attached hydrogens (tertiary/aromatic N) is 2. The fourth-order valence-electron chi connectivity index (χ4n) is 2.75. The molecule has 0 fully saturated rings. The maximum atomic E-state index is 9.09. The van der Waals surface area contributed by atoms with E-state index in [-0.39, 0.29) is 6.61 Å². The molecule has 0 unspecified atom stereocenters. The summed E-state index contributed by atoms with van der Waals surface area (Å²) in [4.78, 5) is 0. The molecular weight excluding hydrogens is 320 g/mol. The van der Waals surface area contributed by atoms with Gasteiger partial charge in [-0.2, -0.15) is 5.10 Å². The smallest absolute Gasteiger partial charge is 0.0652 e. The Morgan fingerprint density at radius 3 is 2.04 bits per heavy atom. The van der Waals surface area contributed by atoms with Crippen molar-refractivity contribution in [1.82, 2.24) is 0 Å². The van der Waals surface area contributed by atoms with Gasteiger partial charge in [0.15, 0.2) is 0 Å². The van der Waals surface area contributed by atoms with E-state index in [9.17, 15) is 0 Å². The summed E-state index contributed by atoms with van der Waals surface area (Å²) in [6.07, 6.45) is 3.58. The predicted octanol–water partition coefficient (Wildman–Crippen LogP) is 4.96. The minimum atomic E-state index is 0.160. The molecule has 0 spiro atoms. The Labute approximate surface area is 155 Å². The molecule has 3 aromatic rings. The van der Waals surface area contributed by atoms with E-state index in [1.54, 1.807) is 0 Å². The standard InChI is InChI=1S/C23H24N2O/c1-2-19-8-10-21(11-9-19)18-24-25(22-6-4-3-5-7-22)23-14-12-20(13-15-23)16-17-26/h3-15,18,26H,2,16-17H2,1H3. The van der Waals surface area contributed by atoms with Gasteiger partial charge in [0.1, 0.15) is 0 Å². The van der Waals surface area contributed by atoms with Crippen molar-refractivity contribution >= 4 is 17.6 Å². The zero-order valence-corrected chi connectivity index (χ0v) is 15.0. The lowest BCUT2D eigenvalue weighted by molar-refractivity contribution is 0.299. The van der Waals surface area contributed by atoms with Crippen molar-refractivity contribution in [2.75, 3.05) is 11.6 Å². The number of hydrogen-bond donors (Lipinski definition) is 1. The van der Waals surface area contributed by atoms with E-state index in [0.717, 1.165) is 28.9 Å². The molecule has 26 heavy (non-hydrogen) atoms. The molecule has 3 heteroatoms. The second-order valence-corrected chi connectivity index (χ2v) is 6.13. The van der Waals surface area contributed by atoms with Crippen LogP contribution in [-0.2, 0) is 12.8 Å².